The number of amides is 2. The van der Waals surface area contributed by atoms with Gasteiger partial charge in [-0.2, -0.15) is 0 Å². The normalized spacial score (nSPS) is 11.3. The highest BCUT2D eigenvalue weighted by atomic mass is 16.5. The molecule has 1 rings (SSSR count). The average molecular weight is 338 g/mol. The lowest BCUT2D eigenvalue weighted by Gasteiger charge is -2.26. The SMILES string of the molecule is CCCCCCN(C(=O)Nc1noc(CC)c1CC(C)C)C(C)C. The van der Waals surface area contributed by atoms with E-state index in [1.807, 2.05) is 11.8 Å². The van der Waals surface area contributed by atoms with Crippen LogP contribution in [0.4, 0.5) is 10.6 Å². The molecule has 1 N–H and O–H groups in total. The van der Waals surface area contributed by atoms with Crippen molar-refractivity contribution in [3.63, 3.8) is 0 Å². The Morgan fingerprint density at radius 2 is 1.88 bits per heavy atom. The summed E-state index contributed by atoms with van der Waals surface area (Å²) in [6.45, 7) is 13.4. The van der Waals surface area contributed by atoms with E-state index in [9.17, 15) is 4.79 Å². The van der Waals surface area contributed by atoms with Crippen LogP contribution in [0.5, 0.6) is 0 Å². The maximum absolute atomic E-state index is 12.7. The molecule has 5 nitrogen and oxygen atoms in total. The minimum Gasteiger partial charge on any atom is -0.359 e. The zero-order valence-corrected chi connectivity index (χ0v) is 16.3. The van der Waals surface area contributed by atoms with Gasteiger partial charge in [0.1, 0.15) is 5.76 Å². The lowest BCUT2D eigenvalue weighted by molar-refractivity contribution is 0.195. The van der Waals surface area contributed by atoms with Crippen LogP contribution in [-0.4, -0.2) is 28.7 Å². The van der Waals surface area contributed by atoms with Crippen LogP contribution in [0.15, 0.2) is 4.52 Å². The monoisotopic (exact) mass is 337 g/mol. The molecule has 0 atom stereocenters. The summed E-state index contributed by atoms with van der Waals surface area (Å²) >= 11 is 0. The van der Waals surface area contributed by atoms with Crippen LogP contribution in [-0.2, 0) is 12.8 Å². The smallest absolute Gasteiger partial charge is 0.323 e. The maximum Gasteiger partial charge on any atom is 0.323 e. The molecule has 0 spiro atoms. The van der Waals surface area contributed by atoms with Gasteiger partial charge in [-0.1, -0.05) is 52.1 Å². The number of anilines is 1. The zero-order chi connectivity index (χ0) is 18.1. The fraction of sp³-hybridized carbons (Fsp3) is 0.789. The minimum atomic E-state index is -0.0811. The van der Waals surface area contributed by atoms with Crippen LogP contribution in [0, 0.1) is 5.92 Å². The van der Waals surface area contributed by atoms with Gasteiger partial charge in [0.15, 0.2) is 5.82 Å². The van der Waals surface area contributed by atoms with Crippen LogP contribution >= 0.6 is 0 Å². The number of hydrogen-bond acceptors (Lipinski definition) is 3. The number of hydrogen-bond donors (Lipinski definition) is 1. The third kappa shape index (κ3) is 6.17. The van der Waals surface area contributed by atoms with Crippen molar-refractivity contribution in [2.45, 2.75) is 86.1 Å². The van der Waals surface area contributed by atoms with Gasteiger partial charge in [0.2, 0.25) is 0 Å². The molecule has 0 aliphatic rings. The second kappa shape index (κ2) is 10.4. The molecule has 0 saturated carbocycles. The molecule has 5 heteroatoms. The lowest BCUT2D eigenvalue weighted by atomic mass is 10.0. The molecule has 0 radical (unpaired) electrons. The predicted molar refractivity (Wildman–Crippen MR) is 99.4 cm³/mol. The summed E-state index contributed by atoms with van der Waals surface area (Å²) in [6, 6.07) is 0.0835. The Morgan fingerprint density at radius 1 is 1.17 bits per heavy atom. The van der Waals surface area contributed by atoms with Crippen LogP contribution in [0.1, 0.15) is 78.5 Å². The molecular weight excluding hydrogens is 302 g/mol. The van der Waals surface area contributed by atoms with Gasteiger partial charge >= 0.3 is 6.03 Å². The first-order chi connectivity index (χ1) is 11.4. The van der Waals surface area contributed by atoms with Gasteiger partial charge in [0.05, 0.1) is 0 Å². The molecule has 0 aliphatic carbocycles. The third-order valence-corrected chi connectivity index (χ3v) is 4.17. The van der Waals surface area contributed by atoms with E-state index in [1.165, 1.54) is 12.8 Å². The standard InChI is InChI=1S/C19H35N3O2/c1-7-9-10-11-12-22(15(5)6)19(23)20-18-16(13-14(3)4)17(8-2)24-21-18/h14-15H,7-13H2,1-6H3,(H,20,21,23). The van der Waals surface area contributed by atoms with Crippen LogP contribution in [0.3, 0.4) is 0 Å². The fourth-order valence-corrected chi connectivity index (χ4v) is 2.81. The van der Waals surface area contributed by atoms with Crippen molar-refractivity contribution in [2.24, 2.45) is 5.92 Å². The van der Waals surface area contributed by atoms with E-state index >= 15 is 0 Å². The van der Waals surface area contributed by atoms with Gasteiger partial charge in [0, 0.05) is 24.6 Å². The van der Waals surface area contributed by atoms with Crippen molar-refractivity contribution < 1.29 is 9.32 Å². The minimum absolute atomic E-state index is 0.0811. The molecule has 0 unspecified atom stereocenters. The van der Waals surface area contributed by atoms with Crippen LogP contribution in [0.25, 0.3) is 0 Å². The number of carbonyl (C=O) groups excluding carboxylic acids is 1. The Hall–Kier alpha value is -1.52. The Bertz CT molecular complexity index is 495. The number of nitrogens with one attached hydrogen (secondary N) is 1. The van der Waals surface area contributed by atoms with Crippen molar-refractivity contribution in [3.8, 4) is 0 Å². The van der Waals surface area contributed by atoms with Crippen LogP contribution in [0.2, 0.25) is 0 Å². The van der Waals surface area contributed by atoms with E-state index in [0.29, 0.717) is 11.7 Å². The summed E-state index contributed by atoms with van der Waals surface area (Å²) in [4.78, 5) is 14.6. The number of aromatic nitrogens is 1. The quantitative estimate of drug-likeness (QED) is 0.593. The number of urea groups is 1. The second-order valence-corrected chi connectivity index (χ2v) is 7.16. The highest BCUT2D eigenvalue weighted by molar-refractivity contribution is 5.89. The first-order valence-corrected chi connectivity index (χ1v) is 9.45. The average Bonchev–Trinajstić information content (AvgIpc) is 2.88. The van der Waals surface area contributed by atoms with E-state index in [4.69, 9.17) is 4.52 Å². The summed E-state index contributed by atoms with van der Waals surface area (Å²) in [5.74, 6) is 1.95. The molecule has 138 valence electrons. The zero-order valence-electron chi connectivity index (χ0n) is 16.3. The second-order valence-electron chi connectivity index (χ2n) is 7.16. The topological polar surface area (TPSA) is 58.4 Å². The predicted octanol–water partition coefficient (Wildman–Crippen LogP) is 5.26. The number of nitrogens with zero attached hydrogens (tertiary/aromatic N) is 2. The highest BCUT2D eigenvalue weighted by Gasteiger charge is 2.22. The molecule has 0 fully saturated rings. The number of rotatable bonds is 10. The largest absolute Gasteiger partial charge is 0.359 e. The summed E-state index contributed by atoms with van der Waals surface area (Å²) in [6.07, 6.45) is 6.27. The van der Waals surface area contributed by atoms with Gasteiger partial charge in [-0.05, 0) is 32.6 Å². The molecule has 1 aromatic rings. The molecule has 0 bridgehead atoms. The van der Waals surface area contributed by atoms with Gasteiger partial charge in [-0.25, -0.2) is 4.79 Å². The highest BCUT2D eigenvalue weighted by Crippen LogP contribution is 2.24. The number of aryl methyl sites for hydroxylation is 1. The van der Waals surface area contributed by atoms with Crippen molar-refractivity contribution >= 4 is 11.8 Å². The van der Waals surface area contributed by atoms with E-state index < -0.39 is 0 Å². The molecule has 0 aromatic carbocycles. The molecule has 1 aromatic heterocycles. The van der Waals surface area contributed by atoms with Gasteiger partial charge < -0.3 is 9.42 Å². The Morgan fingerprint density at radius 3 is 2.42 bits per heavy atom. The van der Waals surface area contributed by atoms with Crippen LogP contribution < -0.4 is 5.32 Å². The number of carbonyl (C=O) groups is 1. The fourth-order valence-electron chi connectivity index (χ4n) is 2.81. The molecule has 2 amide bonds. The van der Waals surface area contributed by atoms with E-state index in [0.717, 1.165) is 43.6 Å². The summed E-state index contributed by atoms with van der Waals surface area (Å²) < 4.78 is 5.42. The summed E-state index contributed by atoms with van der Waals surface area (Å²) in [5.41, 5.74) is 1.04. The van der Waals surface area contributed by atoms with Gasteiger partial charge in [-0.15, -0.1) is 0 Å². The summed E-state index contributed by atoms with van der Waals surface area (Å²) in [7, 11) is 0. The van der Waals surface area contributed by atoms with Crippen molar-refractivity contribution in [3.05, 3.63) is 11.3 Å². The Kier molecular flexibility index (Phi) is 8.87. The first kappa shape index (κ1) is 20.5. The van der Waals surface area contributed by atoms with Crippen molar-refractivity contribution in [1.29, 1.82) is 0 Å². The number of unbranched alkanes of at least 4 members (excludes halogenated alkanes) is 3. The van der Waals surface area contributed by atoms with Gasteiger partial charge in [-0.3, -0.25) is 5.32 Å². The van der Waals surface area contributed by atoms with E-state index in [1.54, 1.807) is 0 Å². The molecule has 24 heavy (non-hydrogen) atoms. The van der Waals surface area contributed by atoms with E-state index in [-0.39, 0.29) is 12.1 Å². The molecule has 1 heterocycles. The lowest BCUT2D eigenvalue weighted by Crippen LogP contribution is -2.41. The Labute approximate surface area is 147 Å². The summed E-state index contributed by atoms with van der Waals surface area (Å²) in [5, 5.41) is 7.07. The molecular formula is C19H35N3O2. The molecule has 0 saturated heterocycles. The third-order valence-electron chi connectivity index (χ3n) is 4.17. The molecule has 0 aliphatic heterocycles. The maximum atomic E-state index is 12.7. The van der Waals surface area contributed by atoms with Gasteiger partial charge in [0.25, 0.3) is 0 Å². The van der Waals surface area contributed by atoms with Crippen molar-refractivity contribution in [1.82, 2.24) is 10.1 Å². The van der Waals surface area contributed by atoms with Crippen molar-refractivity contribution in [2.75, 3.05) is 11.9 Å². The first-order valence-electron chi connectivity index (χ1n) is 9.45. The van der Waals surface area contributed by atoms with E-state index in [2.05, 4.69) is 45.1 Å². The Balaban J connectivity index is 2.77.